The highest BCUT2D eigenvalue weighted by Gasteiger charge is 2.17. The molecule has 2 aromatic carbocycles. The van der Waals surface area contributed by atoms with E-state index in [0.717, 1.165) is 28.6 Å². The van der Waals surface area contributed by atoms with Crippen molar-refractivity contribution in [2.24, 2.45) is 5.73 Å². The maximum atomic E-state index is 6.14. The van der Waals surface area contributed by atoms with Crippen LogP contribution in [0.15, 0.2) is 52.9 Å². The van der Waals surface area contributed by atoms with Crippen molar-refractivity contribution in [3.8, 4) is 11.5 Å². The molecule has 1 aromatic heterocycles. The number of hydrogen-bond donors (Lipinski definition) is 1. The smallest absolute Gasteiger partial charge is 0.227 e. The number of nitrogens with two attached hydrogens (primary N) is 1. The molecule has 0 radical (unpaired) electrons. The molecule has 0 spiro atoms. The van der Waals surface area contributed by atoms with Gasteiger partial charge in [0.25, 0.3) is 0 Å². The third-order valence-electron chi connectivity index (χ3n) is 3.19. The van der Waals surface area contributed by atoms with Crippen molar-refractivity contribution in [3.05, 3.63) is 54.1 Å². The Morgan fingerprint density at radius 2 is 1.75 bits per heavy atom. The number of benzene rings is 2. The second kappa shape index (κ2) is 4.76. The van der Waals surface area contributed by atoms with E-state index in [1.54, 1.807) is 0 Å². The van der Waals surface area contributed by atoms with Gasteiger partial charge in [0.15, 0.2) is 5.58 Å². The average molecular weight is 266 g/mol. The quantitative estimate of drug-likeness (QED) is 0.785. The third kappa shape index (κ3) is 2.58. The molecule has 3 nitrogen and oxygen atoms in total. The lowest BCUT2D eigenvalue weighted by Gasteiger charge is -2.19. The van der Waals surface area contributed by atoms with Gasteiger partial charge in [-0.05, 0) is 44.0 Å². The molecule has 3 heteroatoms. The molecule has 20 heavy (non-hydrogen) atoms. The fraction of sp³-hybridized carbons (Fsp3) is 0.235. The van der Waals surface area contributed by atoms with Gasteiger partial charge in [0, 0.05) is 11.1 Å². The SMILES string of the molecule is CC(C)(N)Cc1ccccc1-c1nc2ccccc2o1. The van der Waals surface area contributed by atoms with E-state index in [0.29, 0.717) is 5.89 Å². The van der Waals surface area contributed by atoms with Gasteiger partial charge in [-0.25, -0.2) is 4.98 Å². The lowest BCUT2D eigenvalue weighted by Crippen LogP contribution is -2.34. The molecule has 0 fully saturated rings. The first kappa shape index (κ1) is 12.9. The van der Waals surface area contributed by atoms with E-state index < -0.39 is 0 Å². The van der Waals surface area contributed by atoms with Gasteiger partial charge in [-0.2, -0.15) is 0 Å². The second-order valence-electron chi connectivity index (χ2n) is 5.81. The van der Waals surface area contributed by atoms with E-state index in [4.69, 9.17) is 10.2 Å². The number of para-hydroxylation sites is 2. The first-order valence-electron chi connectivity index (χ1n) is 6.76. The predicted molar refractivity (Wildman–Crippen MR) is 81.4 cm³/mol. The minimum atomic E-state index is -0.262. The molecule has 0 aliphatic rings. The van der Waals surface area contributed by atoms with Crippen LogP contribution in [0.1, 0.15) is 19.4 Å². The maximum absolute atomic E-state index is 6.14. The van der Waals surface area contributed by atoms with Gasteiger partial charge < -0.3 is 10.2 Å². The van der Waals surface area contributed by atoms with E-state index in [2.05, 4.69) is 11.1 Å². The summed E-state index contributed by atoms with van der Waals surface area (Å²) in [5.74, 6) is 0.658. The molecule has 0 aliphatic carbocycles. The molecule has 2 N–H and O–H groups in total. The zero-order valence-corrected chi connectivity index (χ0v) is 11.8. The summed E-state index contributed by atoms with van der Waals surface area (Å²) in [4.78, 5) is 4.57. The van der Waals surface area contributed by atoms with Gasteiger partial charge in [-0.15, -0.1) is 0 Å². The molecule has 1 heterocycles. The average Bonchev–Trinajstić information content (AvgIpc) is 2.81. The first-order valence-corrected chi connectivity index (χ1v) is 6.76. The van der Waals surface area contributed by atoms with Gasteiger partial charge in [-0.3, -0.25) is 0 Å². The van der Waals surface area contributed by atoms with Gasteiger partial charge in [0.05, 0.1) is 0 Å². The Morgan fingerprint density at radius 3 is 2.50 bits per heavy atom. The zero-order valence-electron chi connectivity index (χ0n) is 11.8. The van der Waals surface area contributed by atoms with Crippen molar-refractivity contribution in [1.82, 2.24) is 4.98 Å². The van der Waals surface area contributed by atoms with Crippen molar-refractivity contribution in [2.75, 3.05) is 0 Å². The van der Waals surface area contributed by atoms with Crippen molar-refractivity contribution in [1.29, 1.82) is 0 Å². The highest BCUT2D eigenvalue weighted by atomic mass is 16.3. The van der Waals surface area contributed by atoms with Crippen LogP contribution >= 0.6 is 0 Å². The number of fused-ring (bicyclic) bond motifs is 1. The summed E-state index contributed by atoms with van der Waals surface area (Å²) in [6.45, 7) is 4.05. The van der Waals surface area contributed by atoms with Crippen LogP contribution in [0, 0.1) is 0 Å². The van der Waals surface area contributed by atoms with Crippen LogP contribution < -0.4 is 5.73 Å². The minimum absolute atomic E-state index is 0.262. The standard InChI is InChI=1S/C17H18N2O/c1-17(2,18)11-12-7-3-4-8-13(12)16-19-14-9-5-6-10-15(14)20-16/h3-10H,11,18H2,1-2H3. The molecular weight excluding hydrogens is 248 g/mol. The molecule has 0 unspecified atom stereocenters. The molecule has 102 valence electrons. The van der Waals surface area contributed by atoms with E-state index in [9.17, 15) is 0 Å². The number of oxazole rings is 1. The fourth-order valence-corrected chi connectivity index (χ4v) is 2.36. The van der Waals surface area contributed by atoms with Crippen LogP contribution in [0.5, 0.6) is 0 Å². The predicted octanol–water partition coefficient (Wildman–Crippen LogP) is 3.77. The molecule has 0 saturated carbocycles. The molecular formula is C17H18N2O. The van der Waals surface area contributed by atoms with Crippen molar-refractivity contribution >= 4 is 11.1 Å². The van der Waals surface area contributed by atoms with Crippen molar-refractivity contribution in [3.63, 3.8) is 0 Å². The van der Waals surface area contributed by atoms with Crippen LogP contribution in [-0.2, 0) is 6.42 Å². The van der Waals surface area contributed by atoms with E-state index in [1.807, 2.05) is 56.3 Å². The number of nitrogens with zero attached hydrogens (tertiary/aromatic N) is 1. The summed E-state index contributed by atoms with van der Waals surface area (Å²) in [6, 6.07) is 15.9. The Labute approximate surface area is 118 Å². The lowest BCUT2D eigenvalue weighted by molar-refractivity contribution is 0.516. The summed E-state index contributed by atoms with van der Waals surface area (Å²) in [5.41, 5.74) is 9.74. The molecule has 3 rings (SSSR count). The third-order valence-corrected chi connectivity index (χ3v) is 3.19. The van der Waals surface area contributed by atoms with Crippen LogP contribution in [-0.4, -0.2) is 10.5 Å². The summed E-state index contributed by atoms with van der Waals surface area (Å²) in [5, 5.41) is 0. The van der Waals surface area contributed by atoms with Gasteiger partial charge >= 0.3 is 0 Å². The minimum Gasteiger partial charge on any atom is -0.436 e. The maximum Gasteiger partial charge on any atom is 0.227 e. The molecule has 0 aliphatic heterocycles. The van der Waals surface area contributed by atoms with Crippen molar-refractivity contribution in [2.45, 2.75) is 25.8 Å². The summed E-state index contributed by atoms with van der Waals surface area (Å²) in [7, 11) is 0. The number of aromatic nitrogens is 1. The van der Waals surface area contributed by atoms with Crippen LogP contribution in [0.25, 0.3) is 22.6 Å². The number of rotatable bonds is 3. The monoisotopic (exact) mass is 266 g/mol. The van der Waals surface area contributed by atoms with E-state index in [-0.39, 0.29) is 5.54 Å². The Hall–Kier alpha value is -2.13. The summed E-state index contributed by atoms with van der Waals surface area (Å²) < 4.78 is 5.86. The summed E-state index contributed by atoms with van der Waals surface area (Å²) in [6.07, 6.45) is 0.780. The number of hydrogen-bond acceptors (Lipinski definition) is 3. The highest BCUT2D eigenvalue weighted by Crippen LogP contribution is 2.28. The first-order chi connectivity index (χ1) is 9.53. The van der Waals surface area contributed by atoms with Crippen LogP contribution in [0.3, 0.4) is 0 Å². The van der Waals surface area contributed by atoms with E-state index >= 15 is 0 Å². The summed E-state index contributed by atoms with van der Waals surface area (Å²) >= 11 is 0. The molecule has 0 atom stereocenters. The largest absolute Gasteiger partial charge is 0.436 e. The lowest BCUT2D eigenvalue weighted by atomic mass is 9.93. The topological polar surface area (TPSA) is 52.0 Å². The van der Waals surface area contributed by atoms with Crippen molar-refractivity contribution < 1.29 is 4.42 Å². The van der Waals surface area contributed by atoms with Gasteiger partial charge in [0.2, 0.25) is 5.89 Å². The normalized spacial score (nSPS) is 11.9. The molecule has 0 amide bonds. The Bertz CT molecular complexity index is 705. The highest BCUT2D eigenvalue weighted by molar-refractivity contribution is 5.76. The Morgan fingerprint density at radius 1 is 1.05 bits per heavy atom. The second-order valence-corrected chi connectivity index (χ2v) is 5.81. The molecule has 0 bridgehead atoms. The molecule has 3 aromatic rings. The van der Waals surface area contributed by atoms with Gasteiger partial charge in [0.1, 0.15) is 5.52 Å². The molecule has 0 saturated heterocycles. The zero-order chi connectivity index (χ0) is 14.2. The van der Waals surface area contributed by atoms with Gasteiger partial charge in [-0.1, -0.05) is 30.3 Å². The van der Waals surface area contributed by atoms with E-state index in [1.165, 1.54) is 0 Å². The van der Waals surface area contributed by atoms with Crippen LogP contribution in [0.2, 0.25) is 0 Å². The van der Waals surface area contributed by atoms with Crippen LogP contribution in [0.4, 0.5) is 0 Å². The Kier molecular flexibility index (Phi) is 3.07. The Balaban J connectivity index is 2.09. The fourth-order valence-electron chi connectivity index (χ4n) is 2.36.